The lowest BCUT2D eigenvalue weighted by Gasteiger charge is -2.34. The summed E-state index contributed by atoms with van der Waals surface area (Å²) < 4.78 is 0. The summed E-state index contributed by atoms with van der Waals surface area (Å²) in [4.78, 5) is 29.5. The van der Waals surface area contributed by atoms with Crippen LogP contribution < -0.4 is 5.73 Å². The zero-order chi connectivity index (χ0) is 21.4. The van der Waals surface area contributed by atoms with Crippen LogP contribution in [0.5, 0.6) is 0 Å². The van der Waals surface area contributed by atoms with Crippen molar-refractivity contribution in [1.29, 1.82) is 0 Å². The molecule has 0 bridgehead atoms. The number of halogens is 1. The average Bonchev–Trinajstić information content (AvgIpc) is 2.76. The van der Waals surface area contributed by atoms with Gasteiger partial charge in [-0.3, -0.25) is 9.69 Å². The van der Waals surface area contributed by atoms with Crippen LogP contribution >= 0.6 is 11.6 Å². The lowest BCUT2D eigenvalue weighted by Crippen LogP contribution is -2.49. The summed E-state index contributed by atoms with van der Waals surface area (Å²) in [6, 6.07) is 15.8. The van der Waals surface area contributed by atoms with E-state index in [0.29, 0.717) is 30.6 Å². The summed E-state index contributed by atoms with van der Waals surface area (Å²) >= 11 is 5.96. The highest BCUT2D eigenvalue weighted by molar-refractivity contribution is 6.29. The monoisotopic (exact) mass is 432 g/mol. The quantitative estimate of drug-likeness (QED) is 0.498. The Morgan fingerprint density at radius 3 is 2.65 bits per heavy atom. The van der Waals surface area contributed by atoms with Crippen LogP contribution in [0.15, 0.2) is 54.9 Å². The summed E-state index contributed by atoms with van der Waals surface area (Å²) in [5.41, 5.74) is 9.76. The van der Waals surface area contributed by atoms with Crippen molar-refractivity contribution in [2.24, 2.45) is 0 Å². The van der Waals surface area contributed by atoms with Crippen molar-refractivity contribution >= 4 is 45.1 Å². The Morgan fingerprint density at radius 2 is 1.77 bits per heavy atom. The normalized spacial score (nSPS) is 15.1. The molecule has 0 saturated carbocycles. The Labute approximate surface area is 184 Å². The molecule has 31 heavy (non-hydrogen) atoms. The van der Waals surface area contributed by atoms with E-state index in [9.17, 15) is 4.79 Å². The van der Waals surface area contributed by atoms with Crippen LogP contribution in [-0.4, -0.2) is 50.3 Å². The van der Waals surface area contributed by atoms with E-state index in [0.717, 1.165) is 46.0 Å². The highest BCUT2D eigenvalue weighted by Gasteiger charge is 2.24. The molecule has 1 saturated heterocycles. The van der Waals surface area contributed by atoms with Crippen LogP contribution in [0.25, 0.3) is 21.8 Å². The second kappa shape index (κ2) is 8.09. The van der Waals surface area contributed by atoms with Crippen molar-refractivity contribution in [3.05, 3.63) is 71.1 Å². The number of carbonyl (C=O) groups excluding carboxylic acids is 1. The molecule has 0 aliphatic carbocycles. The van der Waals surface area contributed by atoms with Crippen molar-refractivity contribution in [2.45, 2.75) is 13.1 Å². The highest BCUT2D eigenvalue weighted by atomic mass is 35.5. The minimum Gasteiger partial charge on any atom is -0.383 e. The van der Waals surface area contributed by atoms with Gasteiger partial charge in [0.05, 0.1) is 17.6 Å². The lowest BCUT2D eigenvalue weighted by atomic mass is 10.1. The number of amides is 1. The Morgan fingerprint density at radius 1 is 0.935 bits per heavy atom. The van der Waals surface area contributed by atoms with E-state index >= 15 is 0 Å². The van der Waals surface area contributed by atoms with Gasteiger partial charge in [-0.15, -0.1) is 0 Å². The maximum atomic E-state index is 12.8. The molecule has 3 heterocycles. The van der Waals surface area contributed by atoms with E-state index in [4.69, 9.17) is 17.3 Å². The maximum absolute atomic E-state index is 12.8. The molecule has 156 valence electrons. The van der Waals surface area contributed by atoms with Crippen molar-refractivity contribution in [1.82, 2.24) is 24.8 Å². The van der Waals surface area contributed by atoms with Gasteiger partial charge in [0.2, 0.25) is 5.91 Å². The Hall–Kier alpha value is -3.29. The zero-order valence-corrected chi connectivity index (χ0v) is 17.6. The van der Waals surface area contributed by atoms with Crippen LogP contribution in [-0.2, 0) is 17.9 Å². The van der Waals surface area contributed by atoms with Crippen molar-refractivity contribution < 1.29 is 4.79 Å². The predicted molar refractivity (Wildman–Crippen MR) is 121 cm³/mol. The number of pyridine rings is 1. The number of fused-ring (bicyclic) bond motifs is 2. The minimum atomic E-state index is 0.128. The molecule has 1 aliphatic rings. The van der Waals surface area contributed by atoms with Crippen LogP contribution in [0, 0.1) is 0 Å². The summed E-state index contributed by atoms with van der Waals surface area (Å²) in [6.45, 7) is 3.21. The molecule has 2 aromatic carbocycles. The Bertz CT molecular complexity index is 1290. The van der Waals surface area contributed by atoms with Crippen LogP contribution in [0.3, 0.4) is 0 Å². The molecule has 5 rings (SSSR count). The topological polar surface area (TPSA) is 88.2 Å². The number of piperazine rings is 1. The van der Waals surface area contributed by atoms with Gasteiger partial charge in [0.25, 0.3) is 0 Å². The number of nitrogens with zero attached hydrogens (tertiary/aromatic N) is 5. The molecule has 2 N–H and O–H groups in total. The Kier molecular flexibility index (Phi) is 5.13. The van der Waals surface area contributed by atoms with Crippen molar-refractivity contribution in [2.75, 3.05) is 25.4 Å². The third kappa shape index (κ3) is 4.15. The fourth-order valence-electron chi connectivity index (χ4n) is 4.01. The molecular weight excluding hydrogens is 412 g/mol. The fraction of sp³-hybridized carbons (Fsp3) is 0.217. The first-order valence-corrected chi connectivity index (χ1v) is 10.5. The predicted octanol–water partition coefficient (Wildman–Crippen LogP) is 3.26. The zero-order valence-electron chi connectivity index (χ0n) is 16.8. The first kappa shape index (κ1) is 19.7. The van der Waals surface area contributed by atoms with Crippen LogP contribution in [0.2, 0.25) is 5.15 Å². The molecule has 0 spiro atoms. The van der Waals surface area contributed by atoms with Gasteiger partial charge in [-0.05, 0) is 47.5 Å². The van der Waals surface area contributed by atoms with Gasteiger partial charge in [-0.25, -0.2) is 15.0 Å². The van der Waals surface area contributed by atoms with E-state index in [2.05, 4.69) is 25.9 Å². The van der Waals surface area contributed by atoms with Crippen LogP contribution in [0.1, 0.15) is 11.1 Å². The third-order valence-corrected chi connectivity index (χ3v) is 5.84. The number of aromatic nitrogens is 3. The second-order valence-electron chi connectivity index (χ2n) is 7.80. The van der Waals surface area contributed by atoms with Gasteiger partial charge in [0.1, 0.15) is 17.3 Å². The van der Waals surface area contributed by atoms with Gasteiger partial charge in [-0.2, -0.15) is 0 Å². The van der Waals surface area contributed by atoms with Gasteiger partial charge in [0, 0.05) is 37.0 Å². The molecule has 2 aromatic heterocycles. The smallest absolute Gasteiger partial charge is 0.237 e. The first-order valence-electron chi connectivity index (χ1n) is 10.1. The van der Waals surface area contributed by atoms with Crippen molar-refractivity contribution in [3.63, 3.8) is 0 Å². The van der Waals surface area contributed by atoms with Crippen LogP contribution in [0.4, 0.5) is 5.82 Å². The number of nitrogens with two attached hydrogens (primary N) is 1. The number of benzene rings is 2. The van der Waals surface area contributed by atoms with E-state index < -0.39 is 0 Å². The fourth-order valence-corrected chi connectivity index (χ4v) is 4.16. The molecule has 7 nitrogen and oxygen atoms in total. The third-order valence-electron chi connectivity index (χ3n) is 5.63. The molecular formula is C23H21ClN6O. The van der Waals surface area contributed by atoms with E-state index in [-0.39, 0.29) is 5.91 Å². The lowest BCUT2D eigenvalue weighted by molar-refractivity contribution is -0.136. The standard InChI is InChI=1S/C23H21ClN6O/c24-21-6-3-17-9-15(2-5-19(17)28-21)11-29-7-8-30(22(31)13-29)12-16-1-4-18-20(10-16)26-14-27-23(18)25/h1-6,9-10,14H,7-8,11-13H2,(H2,25,26,27). The molecule has 0 atom stereocenters. The summed E-state index contributed by atoms with van der Waals surface area (Å²) in [5, 5.41) is 2.37. The largest absolute Gasteiger partial charge is 0.383 e. The molecule has 8 heteroatoms. The molecule has 1 fully saturated rings. The molecule has 1 amide bonds. The molecule has 1 aliphatic heterocycles. The summed E-state index contributed by atoms with van der Waals surface area (Å²) in [7, 11) is 0. The number of hydrogen-bond acceptors (Lipinski definition) is 6. The summed E-state index contributed by atoms with van der Waals surface area (Å²) in [5.74, 6) is 0.594. The number of carbonyl (C=O) groups is 1. The number of anilines is 1. The van der Waals surface area contributed by atoms with Gasteiger partial charge >= 0.3 is 0 Å². The SMILES string of the molecule is Nc1ncnc2cc(CN3CCN(Cc4ccc5nc(Cl)ccc5c4)CC3=O)ccc12. The van der Waals surface area contributed by atoms with Gasteiger partial charge in [0.15, 0.2) is 0 Å². The second-order valence-corrected chi connectivity index (χ2v) is 8.18. The average molecular weight is 433 g/mol. The van der Waals surface area contributed by atoms with E-state index in [1.165, 1.54) is 6.33 Å². The summed E-state index contributed by atoms with van der Waals surface area (Å²) in [6.07, 6.45) is 1.46. The van der Waals surface area contributed by atoms with E-state index in [1.54, 1.807) is 6.07 Å². The number of hydrogen-bond donors (Lipinski definition) is 1. The highest BCUT2D eigenvalue weighted by Crippen LogP contribution is 2.21. The molecule has 0 unspecified atom stereocenters. The maximum Gasteiger partial charge on any atom is 0.237 e. The van der Waals surface area contributed by atoms with Gasteiger partial charge in [-0.1, -0.05) is 23.7 Å². The molecule has 4 aromatic rings. The Balaban J connectivity index is 1.24. The number of nitrogen functional groups attached to an aromatic ring is 1. The van der Waals surface area contributed by atoms with Crippen molar-refractivity contribution in [3.8, 4) is 0 Å². The van der Waals surface area contributed by atoms with Gasteiger partial charge < -0.3 is 10.6 Å². The minimum absolute atomic E-state index is 0.128. The first-order chi connectivity index (χ1) is 15.0. The molecule has 0 radical (unpaired) electrons. The van der Waals surface area contributed by atoms with E-state index in [1.807, 2.05) is 41.3 Å². The number of rotatable bonds is 4.